The lowest BCUT2D eigenvalue weighted by Gasteiger charge is -1.84. The maximum atomic E-state index is 5.15. The van der Waals surface area contributed by atoms with E-state index in [0.717, 1.165) is 0 Å². The first kappa shape index (κ1) is 7.13. The molecule has 0 spiro atoms. The van der Waals surface area contributed by atoms with Crippen molar-refractivity contribution in [3.05, 3.63) is 36.1 Å². The zero-order valence-corrected chi connectivity index (χ0v) is 6.25. The van der Waals surface area contributed by atoms with Crippen LogP contribution in [0.1, 0.15) is 13.3 Å². The molecule has 0 radical (unpaired) electrons. The zero-order valence-electron chi connectivity index (χ0n) is 6.25. The number of hydrogen-bond donors (Lipinski definition) is 1. The SMILES string of the molecule is CCC1=CC1/C=C\C=C/N. The molecule has 0 aromatic carbocycles. The number of allylic oxidation sites excluding steroid dienone is 5. The highest BCUT2D eigenvalue weighted by atomic mass is 14.5. The van der Waals surface area contributed by atoms with Crippen LogP contribution in [-0.2, 0) is 0 Å². The molecule has 0 amide bonds. The lowest BCUT2D eigenvalue weighted by atomic mass is 10.2. The van der Waals surface area contributed by atoms with Crippen molar-refractivity contribution in [1.29, 1.82) is 0 Å². The van der Waals surface area contributed by atoms with Gasteiger partial charge in [-0.05, 0) is 18.7 Å². The Kier molecular flexibility index (Phi) is 2.32. The molecule has 0 aromatic heterocycles. The Bertz CT molecular complexity index is 187. The lowest BCUT2D eigenvalue weighted by molar-refractivity contribution is 1.05. The normalized spacial score (nSPS) is 24.1. The largest absolute Gasteiger partial charge is 0.405 e. The van der Waals surface area contributed by atoms with Gasteiger partial charge in [0.25, 0.3) is 0 Å². The van der Waals surface area contributed by atoms with Crippen molar-refractivity contribution in [2.75, 3.05) is 0 Å². The van der Waals surface area contributed by atoms with E-state index in [0.29, 0.717) is 5.92 Å². The highest BCUT2D eigenvalue weighted by Gasteiger charge is 2.17. The van der Waals surface area contributed by atoms with Crippen LogP contribution < -0.4 is 5.73 Å². The van der Waals surface area contributed by atoms with Gasteiger partial charge in [-0.15, -0.1) is 0 Å². The Morgan fingerprint density at radius 2 is 2.40 bits per heavy atom. The molecule has 0 saturated heterocycles. The third-order valence-corrected chi connectivity index (χ3v) is 1.66. The lowest BCUT2D eigenvalue weighted by Crippen LogP contribution is -1.74. The third kappa shape index (κ3) is 1.76. The minimum absolute atomic E-state index is 0.640. The van der Waals surface area contributed by atoms with E-state index in [1.54, 1.807) is 11.8 Å². The topological polar surface area (TPSA) is 26.0 Å². The molecule has 1 aliphatic rings. The quantitative estimate of drug-likeness (QED) is 0.464. The minimum Gasteiger partial charge on any atom is -0.405 e. The maximum absolute atomic E-state index is 5.15. The predicted octanol–water partition coefficient (Wildman–Crippen LogP) is 1.98. The highest BCUT2D eigenvalue weighted by Crippen LogP contribution is 2.32. The van der Waals surface area contributed by atoms with Gasteiger partial charge in [-0.25, -0.2) is 0 Å². The summed E-state index contributed by atoms with van der Waals surface area (Å²) < 4.78 is 0. The van der Waals surface area contributed by atoms with Gasteiger partial charge >= 0.3 is 0 Å². The monoisotopic (exact) mass is 135 g/mol. The summed E-state index contributed by atoms with van der Waals surface area (Å²) in [6.07, 6.45) is 11.0. The molecular weight excluding hydrogens is 122 g/mol. The summed E-state index contributed by atoms with van der Waals surface area (Å²) in [7, 11) is 0. The smallest absolute Gasteiger partial charge is 0.0163 e. The Hall–Kier alpha value is -0.980. The molecule has 2 N–H and O–H groups in total. The summed E-state index contributed by atoms with van der Waals surface area (Å²) in [6.45, 7) is 2.18. The molecule has 1 unspecified atom stereocenters. The van der Waals surface area contributed by atoms with Crippen molar-refractivity contribution in [2.45, 2.75) is 13.3 Å². The molecule has 1 heteroatoms. The molecular formula is C9H13N. The number of hydrogen-bond acceptors (Lipinski definition) is 1. The summed E-state index contributed by atoms with van der Waals surface area (Å²) >= 11 is 0. The van der Waals surface area contributed by atoms with E-state index in [1.807, 2.05) is 12.2 Å². The van der Waals surface area contributed by atoms with Gasteiger partial charge < -0.3 is 5.73 Å². The van der Waals surface area contributed by atoms with E-state index in [1.165, 1.54) is 6.42 Å². The Labute approximate surface area is 61.9 Å². The van der Waals surface area contributed by atoms with Crippen LogP contribution in [0.25, 0.3) is 0 Å². The Morgan fingerprint density at radius 3 is 2.90 bits per heavy atom. The fraction of sp³-hybridized carbons (Fsp3) is 0.333. The second-order valence-corrected chi connectivity index (χ2v) is 2.39. The van der Waals surface area contributed by atoms with Gasteiger partial charge in [0.2, 0.25) is 0 Å². The van der Waals surface area contributed by atoms with Gasteiger partial charge in [-0.2, -0.15) is 0 Å². The fourth-order valence-corrected chi connectivity index (χ4v) is 0.963. The summed E-state index contributed by atoms with van der Waals surface area (Å²) in [5, 5.41) is 0. The summed E-state index contributed by atoms with van der Waals surface area (Å²) in [4.78, 5) is 0. The molecule has 0 aliphatic heterocycles. The van der Waals surface area contributed by atoms with E-state index in [-0.39, 0.29) is 0 Å². The van der Waals surface area contributed by atoms with Gasteiger partial charge in [0.15, 0.2) is 0 Å². The van der Waals surface area contributed by atoms with Crippen LogP contribution in [0.5, 0.6) is 0 Å². The molecule has 54 valence electrons. The van der Waals surface area contributed by atoms with Crippen molar-refractivity contribution in [2.24, 2.45) is 11.7 Å². The molecule has 1 nitrogen and oxygen atoms in total. The standard InChI is InChI=1S/C9H13N/c1-2-8-7-9(8)5-3-4-6-10/h3-7,9H,2,10H2,1H3/b5-3-,6-4-. The summed E-state index contributed by atoms with van der Waals surface area (Å²) in [5.74, 6) is 0.640. The first-order valence-electron chi connectivity index (χ1n) is 3.64. The van der Waals surface area contributed by atoms with Gasteiger partial charge in [0.1, 0.15) is 0 Å². The summed E-state index contributed by atoms with van der Waals surface area (Å²) in [5.41, 5.74) is 6.70. The average molecular weight is 135 g/mol. The van der Waals surface area contributed by atoms with E-state index in [4.69, 9.17) is 5.73 Å². The van der Waals surface area contributed by atoms with Crippen LogP contribution in [0.15, 0.2) is 36.1 Å². The molecule has 0 heterocycles. The number of nitrogens with two attached hydrogens (primary N) is 1. The van der Waals surface area contributed by atoms with Gasteiger partial charge in [0, 0.05) is 5.92 Å². The number of rotatable bonds is 3. The molecule has 0 aromatic rings. The van der Waals surface area contributed by atoms with Gasteiger partial charge in [-0.1, -0.05) is 30.7 Å². The van der Waals surface area contributed by atoms with E-state index in [2.05, 4.69) is 19.1 Å². The van der Waals surface area contributed by atoms with Crippen molar-refractivity contribution in [3.63, 3.8) is 0 Å². The van der Waals surface area contributed by atoms with Crippen LogP contribution in [0, 0.1) is 5.92 Å². The third-order valence-electron chi connectivity index (χ3n) is 1.66. The second-order valence-electron chi connectivity index (χ2n) is 2.39. The van der Waals surface area contributed by atoms with Gasteiger partial charge in [0.05, 0.1) is 0 Å². The molecule has 0 fully saturated rings. The van der Waals surface area contributed by atoms with Crippen LogP contribution in [0.4, 0.5) is 0 Å². The first-order valence-corrected chi connectivity index (χ1v) is 3.64. The van der Waals surface area contributed by atoms with Gasteiger partial charge in [-0.3, -0.25) is 0 Å². The molecule has 10 heavy (non-hydrogen) atoms. The molecule has 0 saturated carbocycles. The first-order chi connectivity index (χ1) is 4.88. The molecule has 1 rings (SSSR count). The summed E-state index contributed by atoms with van der Waals surface area (Å²) in [6, 6.07) is 0. The van der Waals surface area contributed by atoms with E-state index >= 15 is 0 Å². The minimum atomic E-state index is 0.640. The maximum Gasteiger partial charge on any atom is 0.0163 e. The molecule has 1 aliphatic carbocycles. The van der Waals surface area contributed by atoms with Crippen LogP contribution in [0.2, 0.25) is 0 Å². The Morgan fingerprint density at radius 1 is 1.60 bits per heavy atom. The van der Waals surface area contributed by atoms with Crippen molar-refractivity contribution in [1.82, 2.24) is 0 Å². The average Bonchev–Trinajstić information content (AvgIpc) is 2.68. The van der Waals surface area contributed by atoms with E-state index < -0.39 is 0 Å². The Balaban J connectivity index is 2.19. The molecule has 0 bridgehead atoms. The van der Waals surface area contributed by atoms with Crippen molar-refractivity contribution < 1.29 is 0 Å². The van der Waals surface area contributed by atoms with Crippen molar-refractivity contribution in [3.8, 4) is 0 Å². The van der Waals surface area contributed by atoms with E-state index in [9.17, 15) is 0 Å². The predicted molar refractivity (Wildman–Crippen MR) is 44.3 cm³/mol. The van der Waals surface area contributed by atoms with Crippen LogP contribution in [0.3, 0.4) is 0 Å². The van der Waals surface area contributed by atoms with Crippen LogP contribution in [-0.4, -0.2) is 0 Å². The van der Waals surface area contributed by atoms with Crippen LogP contribution >= 0.6 is 0 Å². The fourth-order valence-electron chi connectivity index (χ4n) is 0.963. The second kappa shape index (κ2) is 3.25. The van der Waals surface area contributed by atoms with Crippen molar-refractivity contribution >= 4 is 0 Å². The molecule has 1 atom stereocenters. The highest BCUT2D eigenvalue weighted by molar-refractivity contribution is 5.35. The zero-order chi connectivity index (χ0) is 7.40.